The van der Waals surface area contributed by atoms with Crippen LogP contribution in [0.2, 0.25) is 10.0 Å². The Balaban J connectivity index is 1.58. The van der Waals surface area contributed by atoms with Crippen molar-refractivity contribution < 1.29 is 14.7 Å². The van der Waals surface area contributed by atoms with E-state index in [2.05, 4.69) is 15.3 Å². The highest BCUT2D eigenvalue weighted by atomic mass is 35.5. The molecule has 11 nitrogen and oxygen atoms in total. The van der Waals surface area contributed by atoms with Crippen molar-refractivity contribution in [3.8, 4) is 16.9 Å². The molecule has 0 aliphatic carbocycles. The van der Waals surface area contributed by atoms with Crippen LogP contribution in [0.3, 0.4) is 0 Å². The number of nitrogens with zero attached hydrogens (tertiary/aromatic N) is 5. The normalized spacial score (nSPS) is 11.3. The van der Waals surface area contributed by atoms with Crippen LogP contribution in [0.25, 0.3) is 27.8 Å². The second kappa shape index (κ2) is 8.70. The van der Waals surface area contributed by atoms with Crippen LogP contribution in [0.4, 0.5) is 5.69 Å². The van der Waals surface area contributed by atoms with Crippen molar-refractivity contribution in [1.29, 1.82) is 0 Å². The van der Waals surface area contributed by atoms with Gasteiger partial charge in [-0.1, -0.05) is 23.2 Å². The number of fused-ring (bicyclic) bond motifs is 2. The summed E-state index contributed by atoms with van der Waals surface area (Å²) in [6.07, 6.45) is 7.84. The first-order chi connectivity index (χ1) is 17.1. The fraction of sp³-hybridized carbons (Fsp3) is 0.0870. The number of benzene rings is 1. The first kappa shape index (κ1) is 23.4. The van der Waals surface area contributed by atoms with Gasteiger partial charge in [0.2, 0.25) is 5.91 Å². The summed E-state index contributed by atoms with van der Waals surface area (Å²) in [5.41, 5.74) is 6.69. The van der Waals surface area contributed by atoms with E-state index in [1.807, 2.05) is 0 Å². The van der Waals surface area contributed by atoms with Crippen molar-refractivity contribution in [2.75, 3.05) is 5.32 Å². The number of primary amides is 1. The van der Waals surface area contributed by atoms with Crippen molar-refractivity contribution >= 4 is 57.4 Å². The van der Waals surface area contributed by atoms with Crippen LogP contribution in [0.15, 0.2) is 54.1 Å². The van der Waals surface area contributed by atoms with E-state index in [4.69, 9.17) is 28.9 Å². The molecule has 182 valence electrons. The number of carbonyl (C=O) groups excluding carboxylic acids is 2. The molecule has 0 saturated heterocycles. The van der Waals surface area contributed by atoms with E-state index >= 15 is 0 Å². The molecule has 4 heterocycles. The molecule has 5 aromatic rings. The summed E-state index contributed by atoms with van der Waals surface area (Å²) in [7, 11) is 1.54. The monoisotopic (exact) mass is 525 g/mol. The third-order valence-corrected chi connectivity index (χ3v) is 6.24. The third-order valence-electron chi connectivity index (χ3n) is 5.65. The molecule has 0 saturated carbocycles. The molecule has 0 atom stereocenters. The third kappa shape index (κ3) is 3.93. The Kier molecular flexibility index (Phi) is 5.65. The lowest BCUT2D eigenvalue weighted by Gasteiger charge is -2.09. The lowest BCUT2D eigenvalue weighted by atomic mass is 10.0. The average Bonchev–Trinajstić information content (AvgIpc) is 3.42. The zero-order chi connectivity index (χ0) is 25.7. The molecule has 0 aliphatic rings. The minimum atomic E-state index is -0.892. The Bertz CT molecular complexity index is 1770. The molecule has 1 aromatic carbocycles. The average molecular weight is 526 g/mol. The van der Waals surface area contributed by atoms with Gasteiger partial charge in [0.1, 0.15) is 23.6 Å². The fourth-order valence-corrected chi connectivity index (χ4v) is 4.35. The zero-order valence-corrected chi connectivity index (χ0v) is 20.1. The Morgan fingerprint density at radius 3 is 2.67 bits per heavy atom. The maximum atomic E-state index is 13.0. The van der Waals surface area contributed by atoms with Gasteiger partial charge in [0.15, 0.2) is 0 Å². The number of nitrogens with one attached hydrogen (secondary N) is 1. The Hall–Kier alpha value is -4.35. The number of hydrogen-bond donors (Lipinski definition) is 3. The molecule has 13 heteroatoms. The van der Waals surface area contributed by atoms with Gasteiger partial charge in [-0.3, -0.25) is 14.4 Å². The molecule has 0 spiro atoms. The quantitative estimate of drug-likeness (QED) is 0.321. The highest BCUT2D eigenvalue weighted by Gasteiger charge is 2.21. The molecule has 0 bridgehead atoms. The summed E-state index contributed by atoms with van der Waals surface area (Å²) in [6, 6.07) is 4.36. The Morgan fingerprint density at radius 1 is 1.14 bits per heavy atom. The van der Waals surface area contributed by atoms with Crippen molar-refractivity contribution in [1.82, 2.24) is 23.5 Å². The van der Waals surface area contributed by atoms with Crippen LogP contribution in [0.1, 0.15) is 10.4 Å². The minimum Gasteiger partial charge on any atom is -0.506 e. The molecule has 0 aliphatic heterocycles. The molecule has 2 amide bonds. The standard InChI is InChI=1S/C23H17Cl2N7O4/c1-30-10-28-22-19(23(30)36)13(11-4-12(21(26)35)20(34)14(24)5-11)7-32(22)9-18(33)29-16-6-17-27-2-3-31(17)8-15(16)25/h2-8,10,34H,9H2,1H3,(H2,26,35)(H,29,33). The summed E-state index contributed by atoms with van der Waals surface area (Å²) in [6.45, 7) is -0.207. The van der Waals surface area contributed by atoms with Crippen LogP contribution in [-0.2, 0) is 18.4 Å². The fourth-order valence-electron chi connectivity index (χ4n) is 3.92. The summed E-state index contributed by atoms with van der Waals surface area (Å²) in [4.78, 5) is 46.3. The SMILES string of the molecule is Cn1cnc2c(c(-c3cc(Cl)c(O)c(C(N)=O)c3)cn2CC(=O)Nc2cc3nccn3cc2Cl)c1=O. The second-order valence-corrected chi connectivity index (χ2v) is 8.84. The van der Waals surface area contributed by atoms with Crippen LogP contribution in [-0.4, -0.2) is 40.4 Å². The van der Waals surface area contributed by atoms with E-state index in [9.17, 15) is 19.5 Å². The van der Waals surface area contributed by atoms with Gasteiger partial charge in [-0.2, -0.15) is 0 Å². The minimum absolute atomic E-state index is 0.121. The summed E-state index contributed by atoms with van der Waals surface area (Å²) >= 11 is 12.4. The van der Waals surface area contributed by atoms with Gasteiger partial charge in [-0.25, -0.2) is 9.97 Å². The molecule has 0 radical (unpaired) electrons. The van der Waals surface area contributed by atoms with Gasteiger partial charge < -0.3 is 29.7 Å². The number of halogens is 2. The number of pyridine rings is 1. The molecule has 4 N–H and O–H groups in total. The van der Waals surface area contributed by atoms with Crippen molar-refractivity contribution in [2.45, 2.75) is 6.54 Å². The Morgan fingerprint density at radius 2 is 1.92 bits per heavy atom. The Labute approximate surface area is 212 Å². The van der Waals surface area contributed by atoms with E-state index in [1.54, 1.807) is 35.3 Å². The molecular weight excluding hydrogens is 509 g/mol. The maximum absolute atomic E-state index is 13.0. The number of aromatic nitrogens is 5. The topological polar surface area (TPSA) is 150 Å². The molecule has 36 heavy (non-hydrogen) atoms. The van der Waals surface area contributed by atoms with Gasteiger partial charge in [-0.15, -0.1) is 0 Å². The van der Waals surface area contributed by atoms with Gasteiger partial charge in [0.25, 0.3) is 11.5 Å². The first-order valence-electron chi connectivity index (χ1n) is 10.4. The molecule has 4 aromatic heterocycles. The lowest BCUT2D eigenvalue weighted by molar-refractivity contribution is -0.116. The zero-order valence-electron chi connectivity index (χ0n) is 18.6. The number of aromatic hydroxyl groups is 1. The van der Waals surface area contributed by atoms with E-state index in [0.29, 0.717) is 27.5 Å². The van der Waals surface area contributed by atoms with Crippen LogP contribution in [0.5, 0.6) is 5.75 Å². The van der Waals surface area contributed by atoms with E-state index in [-0.39, 0.29) is 33.7 Å². The van der Waals surface area contributed by atoms with Crippen LogP contribution in [0, 0.1) is 0 Å². The van der Waals surface area contributed by atoms with Crippen LogP contribution < -0.4 is 16.6 Å². The van der Waals surface area contributed by atoms with E-state index < -0.39 is 17.6 Å². The number of hydrogen-bond acceptors (Lipinski definition) is 6. The highest BCUT2D eigenvalue weighted by molar-refractivity contribution is 6.34. The summed E-state index contributed by atoms with van der Waals surface area (Å²) < 4.78 is 4.49. The molecule has 5 rings (SSSR count). The van der Waals surface area contributed by atoms with E-state index in [0.717, 1.165) is 0 Å². The van der Waals surface area contributed by atoms with Gasteiger partial charge in [0, 0.05) is 43.5 Å². The van der Waals surface area contributed by atoms with Gasteiger partial charge in [0.05, 0.1) is 33.0 Å². The van der Waals surface area contributed by atoms with Crippen LogP contribution >= 0.6 is 23.2 Å². The number of anilines is 1. The van der Waals surface area contributed by atoms with Crippen molar-refractivity contribution in [2.24, 2.45) is 12.8 Å². The number of phenols is 1. The molecule has 0 fully saturated rings. The van der Waals surface area contributed by atoms with Gasteiger partial charge >= 0.3 is 0 Å². The highest BCUT2D eigenvalue weighted by Crippen LogP contribution is 2.36. The largest absolute Gasteiger partial charge is 0.506 e. The summed E-state index contributed by atoms with van der Waals surface area (Å²) in [5.74, 6) is -1.79. The summed E-state index contributed by atoms with van der Waals surface area (Å²) in [5, 5.41) is 13.2. The second-order valence-electron chi connectivity index (χ2n) is 8.02. The number of amides is 2. The smallest absolute Gasteiger partial charge is 0.263 e. The number of imidazole rings is 1. The van der Waals surface area contributed by atoms with E-state index in [1.165, 1.54) is 34.6 Å². The van der Waals surface area contributed by atoms with Crippen molar-refractivity contribution in [3.05, 3.63) is 75.3 Å². The number of carbonyl (C=O) groups is 2. The van der Waals surface area contributed by atoms with Gasteiger partial charge in [-0.05, 0) is 17.7 Å². The number of rotatable bonds is 5. The molecule has 0 unspecified atom stereocenters. The molecular formula is C23H17Cl2N7O4. The van der Waals surface area contributed by atoms with Crippen molar-refractivity contribution in [3.63, 3.8) is 0 Å². The number of nitrogens with two attached hydrogens (primary N) is 1. The first-order valence-corrected chi connectivity index (χ1v) is 11.2. The predicted octanol–water partition coefficient (Wildman–Crippen LogP) is 2.80. The number of aryl methyl sites for hydroxylation is 1. The lowest BCUT2D eigenvalue weighted by Crippen LogP contribution is -2.20. The predicted molar refractivity (Wildman–Crippen MR) is 134 cm³/mol. The maximum Gasteiger partial charge on any atom is 0.263 e.